The van der Waals surface area contributed by atoms with Crippen LogP contribution in [-0.4, -0.2) is 43.1 Å². The van der Waals surface area contributed by atoms with Gasteiger partial charge in [0.15, 0.2) is 11.6 Å². The summed E-state index contributed by atoms with van der Waals surface area (Å²) >= 11 is 1.74. The molecule has 0 saturated carbocycles. The fraction of sp³-hybridized carbons (Fsp3) is 0.400. The van der Waals surface area contributed by atoms with E-state index in [-0.39, 0.29) is 24.1 Å². The Morgan fingerprint density at radius 1 is 1.18 bits per heavy atom. The van der Waals surface area contributed by atoms with Crippen molar-refractivity contribution in [3.63, 3.8) is 0 Å². The van der Waals surface area contributed by atoms with Crippen molar-refractivity contribution in [1.29, 1.82) is 0 Å². The van der Waals surface area contributed by atoms with Crippen LogP contribution in [-0.2, 0) is 17.8 Å². The molecule has 0 unspecified atom stereocenters. The minimum atomic E-state index is -0.401. The first-order valence-corrected chi connectivity index (χ1v) is 10.2. The third-order valence-electron chi connectivity index (χ3n) is 4.49. The summed E-state index contributed by atoms with van der Waals surface area (Å²) in [6.45, 7) is 2.40. The van der Waals surface area contributed by atoms with E-state index in [9.17, 15) is 14.0 Å². The van der Waals surface area contributed by atoms with E-state index in [4.69, 9.17) is 4.74 Å². The number of halogens is 1. The summed E-state index contributed by atoms with van der Waals surface area (Å²) in [6, 6.07) is 7.95. The Bertz CT molecular complexity index is 811. The van der Waals surface area contributed by atoms with Crippen LogP contribution in [0.5, 0.6) is 5.75 Å². The molecule has 0 fully saturated rings. The van der Waals surface area contributed by atoms with Gasteiger partial charge in [-0.15, -0.1) is 11.3 Å². The van der Waals surface area contributed by atoms with E-state index < -0.39 is 5.82 Å². The number of urea groups is 1. The number of thiophene rings is 1. The van der Waals surface area contributed by atoms with Crippen molar-refractivity contribution in [2.45, 2.75) is 25.8 Å². The molecule has 0 saturated heterocycles. The lowest BCUT2D eigenvalue weighted by atomic mass is 10.1. The lowest BCUT2D eigenvalue weighted by molar-refractivity contribution is -0.131. The molecule has 28 heavy (non-hydrogen) atoms. The maximum absolute atomic E-state index is 13.4. The fourth-order valence-corrected chi connectivity index (χ4v) is 3.87. The highest BCUT2D eigenvalue weighted by molar-refractivity contribution is 7.10. The van der Waals surface area contributed by atoms with Gasteiger partial charge in [-0.1, -0.05) is 12.1 Å². The van der Waals surface area contributed by atoms with E-state index in [1.54, 1.807) is 29.5 Å². The Morgan fingerprint density at radius 2 is 2.00 bits per heavy atom. The average molecular weight is 405 g/mol. The molecule has 3 rings (SSSR count). The summed E-state index contributed by atoms with van der Waals surface area (Å²) < 4.78 is 18.7. The van der Waals surface area contributed by atoms with Gasteiger partial charge < -0.3 is 20.3 Å². The van der Waals surface area contributed by atoms with Gasteiger partial charge >= 0.3 is 6.03 Å². The van der Waals surface area contributed by atoms with Gasteiger partial charge in [0.2, 0.25) is 5.91 Å². The Balaban J connectivity index is 1.25. The number of carbonyl (C=O) groups excluding carboxylic acids is 2. The van der Waals surface area contributed by atoms with Crippen LogP contribution >= 0.6 is 11.3 Å². The van der Waals surface area contributed by atoms with Crippen LogP contribution in [0.3, 0.4) is 0 Å². The van der Waals surface area contributed by atoms with Crippen LogP contribution in [0.15, 0.2) is 35.7 Å². The molecule has 2 heterocycles. The second-order valence-electron chi connectivity index (χ2n) is 6.50. The zero-order chi connectivity index (χ0) is 19.8. The molecule has 1 aliphatic rings. The number of nitrogens with one attached hydrogen (secondary N) is 2. The number of para-hydroxylation sites is 1. The molecule has 1 aromatic carbocycles. The van der Waals surface area contributed by atoms with Crippen LogP contribution in [0.4, 0.5) is 9.18 Å². The summed E-state index contributed by atoms with van der Waals surface area (Å²) in [4.78, 5) is 27.3. The summed E-state index contributed by atoms with van der Waals surface area (Å²) in [5.41, 5.74) is 1.23. The van der Waals surface area contributed by atoms with E-state index in [2.05, 4.69) is 22.1 Å². The second kappa shape index (κ2) is 10.1. The Labute approximate surface area is 167 Å². The molecule has 2 N–H and O–H groups in total. The van der Waals surface area contributed by atoms with Crippen molar-refractivity contribution in [3.05, 3.63) is 52.0 Å². The van der Waals surface area contributed by atoms with E-state index in [0.29, 0.717) is 32.7 Å². The van der Waals surface area contributed by atoms with Crippen molar-refractivity contribution < 1.29 is 18.7 Å². The molecule has 0 spiro atoms. The maximum atomic E-state index is 13.4. The second-order valence-corrected chi connectivity index (χ2v) is 7.50. The highest BCUT2D eigenvalue weighted by atomic mass is 32.1. The van der Waals surface area contributed by atoms with Crippen molar-refractivity contribution >= 4 is 23.3 Å². The Morgan fingerprint density at radius 3 is 2.86 bits per heavy atom. The minimum absolute atomic E-state index is 0.0513. The standard InChI is InChI=1S/C20H24FN3O3S/c21-16-4-1-2-5-17(16)27-12-3-9-22-20(26)23-10-6-19(25)24-11-7-18-15(14-24)8-13-28-18/h1-2,4-5,8,13H,3,6-7,9-12,14H2,(H2,22,23,26). The van der Waals surface area contributed by atoms with Gasteiger partial charge in [0.25, 0.3) is 0 Å². The third kappa shape index (κ3) is 5.69. The van der Waals surface area contributed by atoms with Crippen molar-refractivity contribution in [1.82, 2.24) is 15.5 Å². The molecular formula is C20H24FN3O3S. The molecular weight excluding hydrogens is 381 g/mol. The van der Waals surface area contributed by atoms with Crippen LogP contribution in [0.25, 0.3) is 0 Å². The van der Waals surface area contributed by atoms with Gasteiger partial charge in [-0.2, -0.15) is 0 Å². The summed E-state index contributed by atoms with van der Waals surface area (Å²) in [7, 11) is 0. The summed E-state index contributed by atoms with van der Waals surface area (Å²) in [5.74, 6) is -0.144. The highest BCUT2D eigenvalue weighted by Gasteiger charge is 2.21. The summed E-state index contributed by atoms with van der Waals surface area (Å²) in [5, 5.41) is 7.45. The number of hydrogen-bond acceptors (Lipinski definition) is 4. The molecule has 0 radical (unpaired) electrons. The normalized spacial score (nSPS) is 13.0. The highest BCUT2D eigenvalue weighted by Crippen LogP contribution is 2.24. The quantitative estimate of drug-likeness (QED) is 0.664. The number of ether oxygens (including phenoxy) is 1. The van der Waals surface area contributed by atoms with Gasteiger partial charge in [0, 0.05) is 37.5 Å². The molecule has 3 amide bonds. The predicted molar refractivity (Wildman–Crippen MR) is 106 cm³/mol. The molecule has 8 heteroatoms. The van der Waals surface area contributed by atoms with Crippen molar-refractivity contribution in [3.8, 4) is 5.75 Å². The first-order chi connectivity index (χ1) is 13.6. The Kier molecular flexibility index (Phi) is 7.25. The lowest BCUT2D eigenvalue weighted by Crippen LogP contribution is -2.40. The van der Waals surface area contributed by atoms with E-state index >= 15 is 0 Å². The van der Waals surface area contributed by atoms with Gasteiger partial charge in [0.05, 0.1) is 6.61 Å². The lowest BCUT2D eigenvalue weighted by Gasteiger charge is -2.27. The topological polar surface area (TPSA) is 70.7 Å². The molecule has 6 nitrogen and oxygen atoms in total. The van der Waals surface area contributed by atoms with Crippen LogP contribution in [0.1, 0.15) is 23.3 Å². The molecule has 1 aliphatic heterocycles. The average Bonchev–Trinajstić information content (AvgIpc) is 3.17. The largest absolute Gasteiger partial charge is 0.490 e. The van der Waals surface area contributed by atoms with E-state index in [1.165, 1.54) is 16.5 Å². The molecule has 0 atom stereocenters. The number of benzene rings is 1. The zero-order valence-electron chi connectivity index (χ0n) is 15.6. The van der Waals surface area contributed by atoms with Crippen LogP contribution < -0.4 is 15.4 Å². The molecule has 2 aromatic rings. The number of amides is 3. The predicted octanol–water partition coefficient (Wildman–Crippen LogP) is 2.93. The SMILES string of the molecule is O=C(NCCCOc1ccccc1F)NCCC(=O)N1CCc2sccc2C1. The van der Waals surface area contributed by atoms with E-state index in [1.807, 2.05) is 4.90 Å². The van der Waals surface area contributed by atoms with Crippen LogP contribution in [0, 0.1) is 5.82 Å². The van der Waals surface area contributed by atoms with Crippen LogP contribution in [0.2, 0.25) is 0 Å². The zero-order valence-corrected chi connectivity index (χ0v) is 16.4. The molecule has 1 aromatic heterocycles. The first-order valence-electron chi connectivity index (χ1n) is 9.35. The van der Waals surface area contributed by atoms with E-state index in [0.717, 1.165) is 13.0 Å². The number of hydrogen-bond donors (Lipinski definition) is 2. The number of rotatable bonds is 8. The number of carbonyl (C=O) groups is 2. The van der Waals surface area contributed by atoms with Gasteiger partial charge in [-0.25, -0.2) is 9.18 Å². The van der Waals surface area contributed by atoms with Crippen molar-refractivity contribution in [2.75, 3.05) is 26.2 Å². The van der Waals surface area contributed by atoms with Crippen molar-refractivity contribution in [2.24, 2.45) is 0 Å². The monoisotopic (exact) mass is 405 g/mol. The fourth-order valence-electron chi connectivity index (χ4n) is 2.98. The molecule has 0 aliphatic carbocycles. The molecule has 0 bridgehead atoms. The maximum Gasteiger partial charge on any atom is 0.314 e. The summed E-state index contributed by atoms with van der Waals surface area (Å²) in [6.07, 6.45) is 1.74. The first kappa shape index (κ1) is 20.1. The minimum Gasteiger partial charge on any atom is -0.490 e. The number of fused-ring (bicyclic) bond motifs is 1. The smallest absolute Gasteiger partial charge is 0.314 e. The third-order valence-corrected chi connectivity index (χ3v) is 5.51. The van der Waals surface area contributed by atoms with Gasteiger partial charge in [-0.3, -0.25) is 4.79 Å². The number of nitrogens with zero attached hydrogens (tertiary/aromatic N) is 1. The Hall–Kier alpha value is -2.61. The van der Waals surface area contributed by atoms with Gasteiger partial charge in [0.1, 0.15) is 0 Å². The molecule has 150 valence electrons. The van der Waals surface area contributed by atoms with Gasteiger partial charge in [-0.05, 0) is 42.0 Å².